The van der Waals surface area contributed by atoms with Crippen molar-refractivity contribution in [3.8, 4) is 5.75 Å². The molecule has 0 amide bonds. The maximum absolute atomic E-state index is 12.3. The summed E-state index contributed by atoms with van der Waals surface area (Å²) in [7, 11) is 3.69. The lowest BCUT2D eigenvalue weighted by Gasteiger charge is -2.22. The zero-order valence-electron chi connectivity index (χ0n) is 14.1. The average molecular weight is 481 g/mol. The minimum atomic E-state index is -2.82. The molecule has 0 fully saturated rings. The first-order valence-corrected chi connectivity index (χ1v) is 8.44. The van der Waals surface area contributed by atoms with E-state index in [4.69, 9.17) is 0 Å². The number of halogens is 3. The van der Waals surface area contributed by atoms with Gasteiger partial charge >= 0.3 is 6.61 Å². The minimum Gasteiger partial charge on any atom is -0.435 e. The topological polar surface area (TPSA) is 36.9 Å². The molecule has 138 valence electrons. The Labute approximate surface area is 167 Å². The molecule has 8 heteroatoms. The van der Waals surface area contributed by atoms with E-state index in [9.17, 15) is 8.78 Å². The highest BCUT2D eigenvalue weighted by Gasteiger charge is 2.08. The highest BCUT2D eigenvalue weighted by molar-refractivity contribution is 14.0. The van der Waals surface area contributed by atoms with Crippen LogP contribution in [0.4, 0.5) is 8.78 Å². The van der Waals surface area contributed by atoms with Crippen LogP contribution < -0.4 is 10.1 Å². The normalized spacial score (nSPS) is 11.2. The van der Waals surface area contributed by atoms with E-state index in [0.29, 0.717) is 6.54 Å². The van der Waals surface area contributed by atoms with Crippen LogP contribution in [0.25, 0.3) is 0 Å². The van der Waals surface area contributed by atoms with Gasteiger partial charge in [-0.05, 0) is 35.6 Å². The van der Waals surface area contributed by atoms with Gasteiger partial charge in [0, 0.05) is 32.1 Å². The van der Waals surface area contributed by atoms with E-state index in [1.807, 2.05) is 24.1 Å². The van der Waals surface area contributed by atoms with Crippen molar-refractivity contribution in [1.29, 1.82) is 0 Å². The largest absolute Gasteiger partial charge is 0.435 e. The molecule has 0 radical (unpaired) electrons. The summed E-state index contributed by atoms with van der Waals surface area (Å²) < 4.78 is 28.9. The summed E-state index contributed by atoms with van der Waals surface area (Å²) in [6.07, 6.45) is 0.951. The number of aliphatic imine (C=N–C) groups is 1. The predicted molar refractivity (Wildman–Crippen MR) is 109 cm³/mol. The van der Waals surface area contributed by atoms with E-state index >= 15 is 0 Å². The third-order valence-corrected chi connectivity index (χ3v) is 4.36. The highest BCUT2D eigenvalue weighted by atomic mass is 127. The summed E-state index contributed by atoms with van der Waals surface area (Å²) in [5.41, 5.74) is 0.848. The molecule has 0 saturated heterocycles. The summed E-state index contributed by atoms with van der Waals surface area (Å²) in [6.45, 7) is -1.49. The molecule has 0 unspecified atom stereocenters. The summed E-state index contributed by atoms with van der Waals surface area (Å²) in [4.78, 5) is 7.63. The number of nitrogens with one attached hydrogen (secondary N) is 1. The van der Waals surface area contributed by atoms with Crippen LogP contribution in [0.2, 0.25) is 0 Å². The Bertz CT molecular complexity index is 653. The Balaban J connectivity index is 0.00000312. The molecule has 0 bridgehead atoms. The molecule has 2 rings (SSSR count). The summed E-state index contributed by atoms with van der Waals surface area (Å²) >= 11 is 1.74. The number of hydrogen-bond donors (Lipinski definition) is 1. The molecule has 1 heterocycles. The van der Waals surface area contributed by atoms with Gasteiger partial charge in [-0.15, -0.1) is 35.3 Å². The number of benzene rings is 1. The Kier molecular flexibility index (Phi) is 9.73. The molecule has 1 aromatic heterocycles. The molecule has 1 N–H and O–H groups in total. The van der Waals surface area contributed by atoms with E-state index in [2.05, 4.69) is 26.5 Å². The molecule has 0 aliphatic rings. The van der Waals surface area contributed by atoms with Crippen molar-refractivity contribution in [3.63, 3.8) is 0 Å². The van der Waals surface area contributed by atoms with Gasteiger partial charge in [-0.1, -0.05) is 18.2 Å². The summed E-state index contributed by atoms with van der Waals surface area (Å²) in [6, 6.07) is 10.8. The van der Waals surface area contributed by atoms with E-state index in [1.165, 1.54) is 10.9 Å². The van der Waals surface area contributed by atoms with Crippen molar-refractivity contribution in [3.05, 3.63) is 52.2 Å². The maximum Gasteiger partial charge on any atom is 0.387 e. The van der Waals surface area contributed by atoms with Gasteiger partial charge < -0.3 is 15.0 Å². The van der Waals surface area contributed by atoms with Crippen molar-refractivity contribution in [2.24, 2.45) is 4.99 Å². The highest BCUT2D eigenvalue weighted by Crippen LogP contribution is 2.16. The quantitative estimate of drug-likeness (QED) is 0.366. The molecule has 0 spiro atoms. The van der Waals surface area contributed by atoms with Gasteiger partial charge in [-0.2, -0.15) is 8.78 Å². The third-order valence-electron chi connectivity index (χ3n) is 3.42. The first-order chi connectivity index (χ1) is 11.6. The van der Waals surface area contributed by atoms with E-state index < -0.39 is 6.61 Å². The lowest BCUT2D eigenvalue weighted by Crippen LogP contribution is -2.39. The number of thiophene rings is 1. The number of hydrogen-bond acceptors (Lipinski definition) is 3. The molecule has 0 saturated carbocycles. The second-order valence-electron chi connectivity index (χ2n) is 5.18. The number of guanidine groups is 1. The second kappa shape index (κ2) is 11.2. The fourth-order valence-electron chi connectivity index (χ4n) is 2.24. The van der Waals surface area contributed by atoms with Crippen molar-refractivity contribution >= 4 is 41.3 Å². The van der Waals surface area contributed by atoms with Gasteiger partial charge in [0.15, 0.2) is 5.96 Å². The number of nitrogens with zero attached hydrogens (tertiary/aromatic N) is 2. The lowest BCUT2D eigenvalue weighted by molar-refractivity contribution is -0.0498. The Morgan fingerprint density at radius 3 is 2.76 bits per heavy atom. The molecule has 4 nitrogen and oxygen atoms in total. The standard InChI is InChI=1S/C17H21F2N3OS.HI/c1-20-17(22(2)9-8-15-7-4-10-24-15)21-12-13-5-3-6-14(11-13)23-16(18)19;/h3-7,10-11,16H,8-9,12H2,1-2H3,(H,20,21);1H. The number of alkyl halides is 2. The smallest absolute Gasteiger partial charge is 0.387 e. The van der Waals surface area contributed by atoms with E-state index in [0.717, 1.165) is 24.5 Å². The van der Waals surface area contributed by atoms with Gasteiger partial charge in [0.25, 0.3) is 0 Å². The first-order valence-electron chi connectivity index (χ1n) is 7.56. The van der Waals surface area contributed by atoms with Gasteiger partial charge in [-0.25, -0.2) is 0 Å². The van der Waals surface area contributed by atoms with Crippen LogP contribution in [-0.2, 0) is 13.0 Å². The Morgan fingerprint density at radius 1 is 1.32 bits per heavy atom. The molecule has 25 heavy (non-hydrogen) atoms. The number of likely N-dealkylation sites (N-methyl/N-ethyl adjacent to an activating group) is 1. The molecule has 2 aromatic rings. The lowest BCUT2D eigenvalue weighted by atomic mass is 10.2. The van der Waals surface area contributed by atoms with Crippen molar-refractivity contribution < 1.29 is 13.5 Å². The van der Waals surface area contributed by atoms with E-state index in [-0.39, 0.29) is 29.7 Å². The van der Waals surface area contributed by atoms with Crippen LogP contribution in [0, 0.1) is 0 Å². The molecular formula is C17H22F2IN3OS. The SMILES string of the molecule is CN=C(NCc1cccc(OC(F)F)c1)N(C)CCc1cccs1.I. The van der Waals surface area contributed by atoms with Crippen LogP contribution in [0.15, 0.2) is 46.8 Å². The first kappa shape index (κ1) is 21.6. The molecule has 1 aromatic carbocycles. The Morgan fingerprint density at radius 2 is 2.12 bits per heavy atom. The average Bonchev–Trinajstić information content (AvgIpc) is 3.06. The van der Waals surface area contributed by atoms with Crippen LogP contribution in [-0.4, -0.2) is 38.1 Å². The summed E-state index contributed by atoms with van der Waals surface area (Å²) in [5, 5.41) is 5.30. The van der Waals surface area contributed by atoms with Gasteiger partial charge in [0.2, 0.25) is 0 Å². The number of rotatable bonds is 7. The Hall–Kier alpha value is -1.42. The molecule has 0 aliphatic carbocycles. The fourth-order valence-corrected chi connectivity index (χ4v) is 2.93. The number of ether oxygens (including phenoxy) is 1. The predicted octanol–water partition coefficient (Wildman–Crippen LogP) is 4.22. The zero-order valence-corrected chi connectivity index (χ0v) is 17.3. The van der Waals surface area contributed by atoms with Gasteiger partial charge in [-0.3, -0.25) is 4.99 Å². The third kappa shape index (κ3) is 7.55. The van der Waals surface area contributed by atoms with Gasteiger partial charge in [0.1, 0.15) is 5.75 Å². The molecular weight excluding hydrogens is 459 g/mol. The monoisotopic (exact) mass is 481 g/mol. The van der Waals surface area contributed by atoms with Crippen LogP contribution in [0.1, 0.15) is 10.4 Å². The molecule has 0 aliphatic heterocycles. The maximum atomic E-state index is 12.3. The van der Waals surface area contributed by atoms with E-state index in [1.54, 1.807) is 30.5 Å². The van der Waals surface area contributed by atoms with Gasteiger partial charge in [0.05, 0.1) is 0 Å². The molecule has 0 atom stereocenters. The van der Waals surface area contributed by atoms with Crippen LogP contribution >= 0.6 is 35.3 Å². The summed E-state index contributed by atoms with van der Waals surface area (Å²) in [5.74, 6) is 0.914. The minimum absolute atomic E-state index is 0. The van der Waals surface area contributed by atoms with Crippen molar-refractivity contribution in [2.75, 3.05) is 20.6 Å². The zero-order chi connectivity index (χ0) is 17.4. The van der Waals surface area contributed by atoms with Crippen molar-refractivity contribution in [2.45, 2.75) is 19.6 Å². The fraction of sp³-hybridized carbons (Fsp3) is 0.353. The van der Waals surface area contributed by atoms with Crippen molar-refractivity contribution in [1.82, 2.24) is 10.2 Å². The van der Waals surface area contributed by atoms with Crippen LogP contribution in [0.5, 0.6) is 5.75 Å². The van der Waals surface area contributed by atoms with Crippen LogP contribution in [0.3, 0.4) is 0 Å². The second-order valence-corrected chi connectivity index (χ2v) is 6.21.